The Morgan fingerprint density at radius 1 is 0.955 bits per heavy atom. The molecule has 0 aromatic rings. The van der Waals surface area contributed by atoms with Crippen molar-refractivity contribution in [2.24, 2.45) is 0 Å². The van der Waals surface area contributed by atoms with Gasteiger partial charge in [-0.05, 0) is 26.2 Å². The van der Waals surface area contributed by atoms with Crippen LogP contribution >= 0.6 is 0 Å². The molecule has 6 heteroatoms. The molecule has 0 heterocycles. The molecule has 1 N–H and O–H groups in total. The molecule has 129 valence electrons. The van der Waals surface area contributed by atoms with E-state index >= 15 is 0 Å². The molecule has 0 bridgehead atoms. The van der Waals surface area contributed by atoms with Gasteiger partial charge in [0.2, 0.25) is 0 Å². The van der Waals surface area contributed by atoms with Crippen LogP contribution in [-0.2, 0) is 19.0 Å². The summed E-state index contributed by atoms with van der Waals surface area (Å²) in [5.74, 6) is -2.81. The topological polar surface area (TPSA) is 65.0 Å². The van der Waals surface area contributed by atoms with Crippen LogP contribution in [0, 0.1) is 0 Å². The number of ether oxygens (including phenoxy) is 3. The molecule has 22 heavy (non-hydrogen) atoms. The van der Waals surface area contributed by atoms with E-state index in [0.717, 1.165) is 38.5 Å². The number of hydrogen-bond donors (Lipinski definition) is 1. The van der Waals surface area contributed by atoms with Crippen molar-refractivity contribution >= 4 is 14.4 Å². The van der Waals surface area contributed by atoms with Crippen molar-refractivity contribution < 1.29 is 24.1 Å². The molecule has 3 radical (unpaired) electrons. The second-order valence-electron chi connectivity index (χ2n) is 5.24. The summed E-state index contributed by atoms with van der Waals surface area (Å²) >= 11 is 0. The molecule has 1 unspecified atom stereocenters. The van der Waals surface area contributed by atoms with E-state index in [1.165, 1.54) is 0 Å². The van der Waals surface area contributed by atoms with Crippen molar-refractivity contribution in [2.75, 3.05) is 19.8 Å². The van der Waals surface area contributed by atoms with Crippen LogP contribution in [0.4, 0.5) is 0 Å². The summed E-state index contributed by atoms with van der Waals surface area (Å²) in [4.78, 5) is 11.8. The molecule has 0 rings (SSSR count). The first kappa shape index (κ1) is 23.7. The van der Waals surface area contributed by atoms with Gasteiger partial charge in [-0.25, -0.2) is 4.79 Å². The Balaban J connectivity index is 0. The third-order valence-electron chi connectivity index (χ3n) is 3.33. The Kier molecular flexibility index (Phi) is 15.1. The third kappa shape index (κ3) is 8.15. The minimum absolute atomic E-state index is 0. The fourth-order valence-electron chi connectivity index (χ4n) is 1.82. The second kappa shape index (κ2) is 14.0. The molecule has 0 saturated carbocycles. The number of unbranched alkanes of at least 4 members (excludes halogenated alkanes) is 3. The zero-order valence-electron chi connectivity index (χ0n) is 14.6. The molecule has 0 spiro atoms. The highest BCUT2D eigenvalue weighted by molar-refractivity contribution is 5.76. The van der Waals surface area contributed by atoms with Crippen LogP contribution in [0.3, 0.4) is 0 Å². The van der Waals surface area contributed by atoms with Crippen molar-refractivity contribution in [1.82, 2.24) is 0 Å². The molecule has 0 aliphatic heterocycles. The lowest BCUT2D eigenvalue weighted by atomic mass is 10.1. The first-order valence-electron chi connectivity index (χ1n) is 8.18. The van der Waals surface area contributed by atoms with Gasteiger partial charge in [0.05, 0.1) is 13.2 Å². The van der Waals surface area contributed by atoms with Crippen molar-refractivity contribution in [3.8, 4) is 0 Å². The number of carbonyl (C=O) groups is 1. The highest BCUT2D eigenvalue weighted by Gasteiger charge is 2.47. The van der Waals surface area contributed by atoms with E-state index in [1.54, 1.807) is 6.92 Å². The van der Waals surface area contributed by atoms with E-state index < -0.39 is 17.9 Å². The maximum atomic E-state index is 11.8. The second-order valence-corrected chi connectivity index (χ2v) is 5.24. The Bertz CT molecular complexity index is 263. The Morgan fingerprint density at radius 2 is 1.36 bits per heavy atom. The van der Waals surface area contributed by atoms with E-state index in [-0.39, 0.29) is 8.41 Å². The Hall–Kier alpha value is -0.585. The lowest BCUT2D eigenvalue weighted by molar-refractivity contribution is -0.283. The van der Waals surface area contributed by atoms with E-state index in [2.05, 4.69) is 6.92 Å². The molecule has 0 fully saturated rings. The van der Waals surface area contributed by atoms with Crippen molar-refractivity contribution in [3.05, 3.63) is 0 Å². The lowest BCUT2D eigenvalue weighted by Gasteiger charge is -2.34. The average Bonchev–Trinajstić information content (AvgIpc) is 2.45. The molecule has 1 atom stereocenters. The standard InChI is InChI=1S/C16H32O5.B/c1-5-8-11-19-14(4)16(15(17)18,20-12-9-6-2)21-13-10-7-3;/h14H,5-13H2,1-4H3,(H,17,18);. The lowest BCUT2D eigenvalue weighted by Crippen LogP contribution is -2.54. The molecule has 0 aromatic heterocycles. The van der Waals surface area contributed by atoms with Gasteiger partial charge >= 0.3 is 5.97 Å². The minimum Gasteiger partial charge on any atom is -0.477 e. The van der Waals surface area contributed by atoms with Crippen LogP contribution in [-0.4, -0.2) is 51.2 Å². The highest BCUT2D eigenvalue weighted by atomic mass is 16.7. The van der Waals surface area contributed by atoms with Gasteiger partial charge in [-0.3, -0.25) is 0 Å². The van der Waals surface area contributed by atoms with Crippen molar-refractivity contribution in [3.63, 3.8) is 0 Å². The third-order valence-corrected chi connectivity index (χ3v) is 3.33. The Morgan fingerprint density at radius 3 is 1.73 bits per heavy atom. The van der Waals surface area contributed by atoms with Crippen LogP contribution < -0.4 is 0 Å². The predicted molar refractivity (Wildman–Crippen MR) is 88.2 cm³/mol. The summed E-state index contributed by atoms with van der Waals surface area (Å²) < 4.78 is 16.9. The minimum atomic E-state index is -1.70. The molecule has 0 saturated heterocycles. The van der Waals surface area contributed by atoms with E-state index in [4.69, 9.17) is 14.2 Å². The number of carboxylic acids is 1. The van der Waals surface area contributed by atoms with Gasteiger partial charge in [-0.1, -0.05) is 40.0 Å². The quantitative estimate of drug-likeness (QED) is 0.303. The van der Waals surface area contributed by atoms with Gasteiger partial charge in [-0.15, -0.1) is 0 Å². The number of carboxylic acid groups (broad SMARTS) is 1. The summed E-state index contributed by atoms with van der Waals surface area (Å²) in [5.41, 5.74) is 0. The average molecular weight is 315 g/mol. The first-order chi connectivity index (χ1) is 10.0. The molecular weight excluding hydrogens is 283 g/mol. The summed E-state index contributed by atoms with van der Waals surface area (Å²) in [6, 6.07) is 0. The number of hydrogen-bond acceptors (Lipinski definition) is 4. The zero-order valence-corrected chi connectivity index (χ0v) is 14.6. The van der Waals surface area contributed by atoms with E-state index in [9.17, 15) is 9.90 Å². The fourth-order valence-corrected chi connectivity index (χ4v) is 1.82. The molecule has 5 nitrogen and oxygen atoms in total. The van der Waals surface area contributed by atoms with Crippen molar-refractivity contribution in [1.29, 1.82) is 0 Å². The summed E-state index contributed by atoms with van der Waals surface area (Å²) in [5, 5.41) is 9.62. The van der Waals surface area contributed by atoms with Gasteiger partial charge in [0.15, 0.2) is 0 Å². The van der Waals surface area contributed by atoms with Crippen LogP contribution in [0.15, 0.2) is 0 Å². The Labute approximate surface area is 137 Å². The van der Waals surface area contributed by atoms with Crippen LogP contribution in [0.25, 0.3) is 0 Å². The predicted octanol–water partition coefficient (Wildman–Crippen LogP) is 3.23. The summed E-state index contributed by atoms with van der Waals surface area (Å²) in [6.07, 6.45) is 4.73. The molecule has 0 aliphatic rings. The maximum Gasteiger partial charge on any atom is 0.367 e. The SMILES string of the molecule is CCCCOC(C)C(OCCCC)(OCCCC)C(=O)O.[B]. The van der Waals surface area contributed by atoms with Gasteiger partial charge in [0.1, 0.15) is 6.10 Å². The maximum absolute atomic E-state index is 11.8. The highest BCUT2D eigenvalue weighted by Crippen LogP contribution is 2.23. The van der Waals surface area contributed by atoms with Gasteiger partial charge in [-0.2, -0.15) is 0 Å². The van der Waals surface area contributed by atoms with Crippen LogP contribution in [0.2, 0.25) is 0 Å². The summed E-state index contributed by atoms with van der Waals surface area (Å²) in [6.45, 7) is 9.07. The smallest absolute Gasteiger partial charge is 0.367 e. The molecular formula is C16H32BO5. The largest absolute Gasteiger partial charge is 0.477 e. The van der Waals surface area contributed by atoms with Crippen LogP contribution in [0.5, 0.6) is 0 Å². The van der Waals surface area contributed by atoms with Crippen molar-refractivity contribution in [2.45, 2.75) is 78.1 Å². The van der Waals surface area contributed by atoms with Gasteiger partial charge in [0, 0.05) is 15.0 Å². The first-order valence-corrected chi connectivity index (χ1v) is 8.18. The monoisotopic (exact) mass is 315 g/mol. The molecule has 0 aromatic carbocycles. The van der Waals surface area contributed by atoms with Crippen LogP contribution in [0.1, 0.15) is 66.2 Å². The molecule has 0 aliphatic carbocycles. The van der Waals surface area contributed by atoms with E-state index in [0.29, 0.717) is 19.8 Å². The zero-order chi connectivity index (χ0) is 16.1. The fraction of sp³-hybridized carbons (Fsp3) is 0.938. The molecule has 0 amide bonds. The number of aliphatic carboxylic acids is 1. The van der Waals surface area contributed by atoms with Gasteiger partial charge in [0.25, 0.3) is 5.79 Å². The number of rotatable bonds is 14. The normalized spacial score (nSPS) is 12.7. The van der Waals surface area contributed by atoms with Gasteiger partial charge < -0.3 is 19.3 Å². The van der Waals surface area contributed by atoms with E-state index in [1.807, 2.05) is 13.8 Å². The summed E-state index contributed by atoms with van der Waals surface area (Å²) in [7, 11) is 0.